The number of rotatable bonds is 6. The maximum Gasteiger partial charge on any atom is 0.251 e. The number of carbonyl (C=O) groups excluding carboxylic acids is 1. The zero-order valence-corrected chi connectivity index (χ0v) is 17.6. The molecule has 2 heterocycles. The second kappa shape index (κ2) is 8.53. The Morgan fingerprint density at radius 2 is 1.65 bits per heavy atom. The Labute approximate surface area is 180 Å². The molecular weight excluding hydrogens is 412 g/mol. The minimum atomic E-state index is -3.31. The summed E-state index contributed by atoms with van der Waals surface area (Å²) in [6.07, 6.45) is 6.41. The summed E-state index contributed by atoms with van der Waals surface area (Å²) in [5.74, 6) is -0.298. The van der Waals surface area contributed by atoms with E-state index in [9.17, 15) is 13.2 Å². The van der Waals surface area contributed by atoms with Crippen molar-refractivity contribution >= 4 is 15.7 Å². The van der Waals surface area contributed by atoms with E-state index in [-0.39, 0.29) is 17.3 Å². The van der Waals surface area contributed by atoms with Crippen molar-refractivity contribution in [1.29, 1.82) is 0 Å². The highest BCUT2D eigenvalue weighted by Crippen LogP contribution is 2.23. The molecule has 31 heavy (non-hydrogen) atoms. The predicted molar refractivity (Wildman–Crippen MR) is 118 cm³/mol. The van der Waals surface area contributed by atoms with Gasteiger partial charge in [-0.05, 0) is 48.5 Å². The normalized spacial score (nSPS) is 11.3. The molecule has 2 aromatic carbocycles. The van der Waals surface area contributed by atoms with Crippen molar-refractivity contribution < 1.29 is 13.2 Å². The molecule has 4 aromatic rings. The van der Waals surface area contributed by atoms with Crippen LogP contribution in [-0.4, -0.2) is 35.3 Å². The number of nitrogens with one attached hydrogen (secondary N) is 1. The van der Waals surface area contributed by atoms with Gasteiger partial charge in [0.15, 0.2) is 9.84 Å². The Morgan fingerprint density at radius 1 is 0.968 bits per heavy atom. The van der Waals surface area contributed by atoms with E-state index in [4.69, 9.17) is 5.10 Å². The first-order valence-corrected chi connectivity index (χ1v) is 11.4. The van der Waals surface area contributed by atoms with Crippen LogP contribution in [0.25, 0.3) is 16.9 Å². The molecule has 0 aliphatic rings. The second-order valence-corrected chi connectivity index (χ2v) is 9.01. The van der Waals surface area contributed by atoms with Crippen molar-refractivity contribution in [2.45, 2.75) is 11.4 Å². The fourth-order valence-electron chi connectivity index (χ4n) is 3.14. The van der Waals surface area contributed by atoms with E-state index in [1.807, 2.05) is 48.7 Å². The summed E-state index contributed by atoms with van der Waals surface area (Å²) in [6, 6.07) is 19.3. The van der Waals surface area contributed by atoms with Gasteiger partial charge in [0, 0.05) is 48.1 Å². The summed E-state index contributed by atoms with van der Waals surface area (Å²) < 4.78 is 25.0. The summed E-state index contributed by atoms with van der Waals surface area (Å²) in [7, 11) is -3.31. The van der Waals surface area contributed by atoms with Crippen molar-refractivity contribution in [1.82, 2.24) is 20.1 Å². The number of nitrogens with zero attached hydrogens (tertiary/aromatic N) is 3. The molecular formula is C23H20N4O3S. The lowest BCUT2D eigenvalue weighted by Gasteiger charge is -2.06. The number of pyridine rings is 1. The molecule has 0 atom stereocenters. The van der Waals surface area contributed by atoms with Crippen LogP contribution in [-0.2, 0) is 16.4 Å². The highest BCUT2D eigenvalue weighted by atomic mass is 32.2. The molecule has 0 aliphatic carbocycles. The van der Waals surface area contributed by atoms with E-state index < -0.39 is 9.84 Å². The van der Waals surface area contributed by atoms with Gasteiger partial charge >= 0.3 is 0 Å². The Bertz CT molecular complexity index is 1300. The molecule has 0 radical (unpaired) electrons. The predicted octanol–water partition coefficient (Wildman–Crippen LogP) is 3.27. The van der Waals surface area contributed by atoms with Crippen LogP contribution < -0.4 is 5.32 Å². The Morgan fingerprint density at radius 3 is 2.29 bits per heavy atom. The number of aromatic nitrogens is 3. The Hall–Kier alpha value is -3.78. The van der Waals surface area contributed by atoms with Gasteiger partial charge in [0.05, 0.1) is 16.3 Å². The molecule has 0 unspecified atom stereocenters. The third kappa shape index (κ3) is 4.70. The maximum atomic E-state index is 12.6. The quantitative estimate of drug-likeness (QED) is 0.505. The van der Waals surface area contributed by atoms with Gasteiger partial charge in [-0.3, -0.25) is 9.78 Å². The first-order chi connectivity index (χ1) is 14.9. The average molecular weight is 433 g/mol. The smallest absolute Gasteiger partial charge is 0.251 e. The molecule has 4 rings (SSSR count). The molecule has 2 aromatic heterocycles. The molecule has 0 saturated heterocycles. The molecule has 1 amide bonds. The summed E-state index contributed by atoms with van der Waals surface area (Å²) in [4.78, 5) is 16.8. The first-order valence-electron chi connectivity index (χ1n) is 9.54. The van der Waals surface area contributed by atoms with Crippen molar-refractivity contribution in [3.05, 3.63) is 96.4 Å². The van der Waals surface area contributed by atoms with E-state index in [2.05, 4.69) is 10.3 Å². The van der Waals surface area contributed by atoms with Crippen LogP contribution in [0.3, 0.4) is 0 Å². The summed E-state index contributed by atoms with van der Waals surface area (Å²) in [5, 5.41) is 7.60. The van der Waals surface area contributed by atoms with Gasteiger partial charge in [-0.1, -0.05) is 18.2 Å². The molecule has 0 fully saturated rings. The van der Waals surface area contributed by atoms with E-state index in [1.54, 1.807) is 17.1 Å². The van der Waals surface area contributed by atoms with Gasteiger partial charge in [0.1, 0.15) is 0 Å². The molecule has 156 valence electrons. The SMILES string of the molecule is CS(=O)(=O)c1ccc(C(=O)NCc2cn(-c3ccccc3)nc2-c2ccncc2)cc1. The van der Waals surface area contributed by atoms with Crippen molar-refractivity contribution in [3.8, 4) is 16.9 Å². The van der Waals surface area contributed by atoms with Gasteiger partial charge in [-0.2, -0.15) is 5.10 Å². The van der Waals surface area contributed by atoms with E-state index in [1.165, 1.54) is 24.3 Å². The van der Waals surface area contributed by atoms with E-state index >= 15 is 0 Å². The van der Waals surface area contributed by atoms with Crippen LogP contribution in [0.1, 0.15) is 15.9 Å². The number of sulfone groups is 1. The summed E-state index contributed by atoms with van der Waals surface area (Å²) in [6.45, 7) is 0.261. The molecule has 8 heteroatoms. The number of amides is 1. The topological polar surface area (TPSA) is 94.0 Å². The highest BCUT2D eigenvalue weighted by molar-refractivity contribution is 7.90. The van der Waals surface area contributed by atoms with Crippen LogP contribution in [0.4, 0.5) is 0 Å². The largest absolute Gasteiger partial charge is 0.348 e. The van der Waals surface area contributed by atoms with Crippen LogP contribution in [0.2, 0.25) is 0 Å². The van der Waals surface area contributed by atoms with Gasteiger partial charge in [0.25, 0.3) is 5.91 Å². The number of carbonyl (C=O) groups is 1. The second-order valence-electron chi connectivity index (χ2n) is 7.00. The number of benzene rings is 2. The molecule has 0 saturated carbocycles. The fourth-order valence-corrected chi connectivity index (χ4v) is 3.77. The molecule has 0 aliphatic heterocycles. The lowest BCUT2D eigenvalue weighted by molar-refractivity contribution is 0.0951. The van der Waals surface area contributed by atoms with E-state index in [0.29, 0.717) is 5.56 Å². The summed E-state index contributed by atoms with van der Waals surface area (Å²) in [5.41, 5.74) is 3.78. The third-order valence-electron chi connectivity index (χ3n) is 4.75. The van der Waals surface area contributed by atoms with Crippen molar-refractivity contribution in [2.75, 3.05) is 6.26 Å². The number of hydrogen-bond donors (Lipinski definition) is 1. The molecule has 0 bridgehead atoms. The standard InChI is InChI=1S/C23H20N4O3S/c1-31(29,30)21-9-7-18(8-10-21)23(28)25-15-19-16-27(20-5-3-2-4-6-20)26-22(19)17-11-13-24-14-12-17/h2-14,16H,15H2,1H3,(H,25,28). The lowest BCUT2D eigenvalue weighted by Crippen LogP contribution is -2.22. The van der Waals surface area contributed by atoms with Gasteiger partial charge in [-0.15, -0.1) is 0 Å². The van der Waals surface area contributed by atoms with Crippen LogP contribution in [0.5, 0.6) is 0 Å². The van der Waals surface area contributed by atoms with Crippen LogP contribution in [0.15, 0.2) is 90.2 Å². The number of hydrogen-bond acceptors (Lipinski definition) is 5. The molecule has 7 nitrogen and oxygen atoms in total. The Balaban J connectivity index is 1.59. The number of para-hydroxylation sites is 1. The molecule has 1 N–H and O–H groups in total. The fraction of sp³-hybridized carbons (Fsp3) is 0.0870. The van der Waals surface area contributed by atoms with Gasteiger partial charge < -0.3 is 5.32 Å². The zero-order chi connectivity index (χ0) is 21.8. The van der Waals surface area contributed by atoms with Gasteiger partial charge in [0.2, 0.25) is 0 Å². The minimum Gasteiger partial charge on any atom is -0.348 e. The minimum absolute atomic E-state index is 0.174. The van der Waals surface area contributed by atoms with Gasteiger partial charge in [-0.25, -0.2) is 13.1 Å². The Kier molecular flexibility index (Phi) is 5.64. The zero-order valence-electron chi connectivity index (χ0n) is 16.8. The average Bonchev–Trinajstić information content (AvgIpc) is 3.22. The van der Waals surface area contributed by atoms with Crippen molar-refractivity contribution in [2.24, 2.45) is 0 Å². The van der Waals surface area contributed by atoms with Crippen molar-refractivity contribution in [3.63, 3.8) is 0 Å². The van der Waals surface area contributed by atoms with Crippen LogP contribution in [0, 0.1) is 0 Å². The lowest BCUT2D eigenvalue weighted by atomic mass is 10.1. The van der Waals surface area contributed by atoms with E-state index in [0.717, 1.165) is 28.8 Å². The summed E-state index contributed by atoms with van der Waals surface area (Å²) >= 11 is 0. The van der Waals surface area contributed by atoms with Crippen LogP contribution >= 0.6 is 0 Å². The highest BCUT2D eigenvalue weighted by Gasteiger charge is 2.15. The monoisotopic (exact) mass is 432 g/mol. The third-order valence-corrected chi connectivity index (χ3v) is 5.88. The first kappa shape index (κ1) is 20.5. The molecule has 0 spiro atoms. The maximum absolute atomic E-state index is 12.6.